The van der Waals surface area contributed by atoms with Gasteiger partial charge in [0.15, 0.2) is 6.10 Å². The molecule has 150 valence electrons. The highest BCUT2D eigenvalue weighted by molar-refractivity contribution is 5.89. The molecule has 3 aromatic carbocycles. The van der Waals surface area contributed by atoms with Crippen molar-refractivity contribution >= 4 is 22.9 Å². The van der Waals surface area contributed by atoms with Crippen LogP contribution >= 0.6 is 0 Å². The molecule has 0 spiro atoms. The molecule has 3 rings (SSSR count). The number of nitrogens with one attached hydrogen (secondary N) is 1. The average molecular weight is 390 g/mol. The second-order valence-corrected chi connectivity index (χ2v) is 6.74. The molecule has 0 fully saturated rings. The van der Waals surface area contributed by atoms with E-state index in [1.54, 1.807) is 13.1 Å². The second-order valence-electron chi connectivity index (χ2n) is 6.74. The molecular formula is C24H26N2O3. The fourth-order valence-corrected chi connectivity index (χ4v) is 2.79. The summed E-state index contributed by atoms with van der Waals surface area (Å²) in [7, 11) is 0. The Morgan fingerprint density at radius 3 is 2.62 bits per heavy atom. The molecule has 0 saturated carbocycles. The molecule has 5 nitrogen and oxygen atoms in total. The van der Waals surface area contributed by atoms with E-state index >= 15 is 0 Å². The predicted octanol–water partition coefficient (Wildman–Crippen LogP) is 4.94. The monoisotopic (exact) mass is 390 g/mol. The first-order chi connectivity index (χ1) is 14.2. The summed E-state index contributed by atoms with van der Waals surface area (Å²) in [4.78, 5) is 12.3. The van der Waals surface area contributed by atoms with Gasteiger partial charge in [-0.2, -0.15) is 5.10 Å². The fraction of sp³-hybridized carbons (Fsp3) is 0.250. The van der Waals surface area contributed by atoms with Gasteiger partial charge in [-0.3, -0.25) is 4.79 Å². The number of hydrazone groups is 1. The molecule has 0 aliphatic rings. The van der Waals surface area contributed by atoms with Crippen LogP contribution in [0.4, 0.5) is 0 Å². The van der Waals surface area contributed by atoms with Crippen molar-refractivity contribution in [1.82, 2.24) is 5.43 Å². The smallest absolute Gasteiger partial charge is 0.280 e. The van der Waals surface area contributed by atoms with Gasteiger partial charge in [-0.05, 0) is 54.6 Å². The maximum absolute atomic E-state index is 12.3. The number of hydrogen-bond donors (Lipinski definition) is 1. The van der Waals surface area contributed by atoms with Crippen molar-refractivity contribution in [1.29, 1.82) is 0 Å². The zero-order valence-electron chi connectivity index (χ0n) is 16.8. The van der Waals surface area contributed by atoms with Gasteiger partial charge in [0.05, 0.1) is 12.8 Å². The number of amides is 1. The molecule has 1 unspecified atom stereocenters. The van der Waals surface area contributed by atoms with Crippen LogP contribution in [0.2, 0.25) is 0 Å². The van der Waals surface area contributed by atoms with Crippen LogP contribution in [0.1, 0.15) is 32.3 Å². The minimum absolute atomic E-state index is 0.311. The van der Waals surface area contributed by atoms with Gasteiger partial charge in [-0.15, -0.1) is 0 Å². The molecule has 0 bridgehead atoms. The molecule has 1 N–H and O–H groups in total. The maximum Gasteiger partial charge on any atom is 0.280 e. The Morgan fingerprint density at radius 2 is 1.83 bits per heavy atom. The predicted molar refractivity (Wildman–Crippen MR) is 117 cm³/mol. The summed E-state index contributed by atoms with van der Waals surface area (Å²) in [6, 6.07) is 21.3. The molecule has 0 aromatic heterocycles. The highest BCUT2D eigenvalue weighted by Gasteiger charge is 2.15. The van der Waals surface area contributed by atoms with Crippen LogP contribution in [0.3, 0.4) is 0 Å². The molecule has 1 atom stereocenters. The number of unbranched alkanes of at least 4 members (excludes halogenated alkanes) is 1. The number of carbonyl (C=O) groups excluding carboxylic acids is 1. The van der Waals surface area contributed by atoms with E-state index in [2.05, 4.69) is 17.5 Å². The average Bonchev–Trinajstić information content (AvgIpc) is 2.75. The van der Waals surface area contributed by atoms with Gasteiger partial charge in [0.2, 0.25) is 0 Å². The zero-order chi connectivity index (χ0) is 20.5. The van der Waals surface area contributed by atoms with E-state index in [4.69, 9.17) is 9.47 Å². The summed E-state index contributed by atoms with van der Waals surface area (Å²) in [5.41, 5.74) is 3.40. The van der Waals surface area contributed by atoms with Crippen molar-refractivity contribution in [2.24, 2.45) is 5.10 Å². The Balaban J connectivity index is 1.53. The molecule has 0 heterocycles. The van der Waals surface area contributed by atoms with Crippen molar-refractivity contribution in [3.63, 3.8) is 0 Å². The van der Waals surface area contributed by atoms with Crippen molar-refractivity contribution < 1.29 is 14.3 Å². The molecule has 0 aliphatic heterocycles. The number of ether oxygens (including phenoxy) is 2. The quantitative estimate of drug-likeness (QED) is 0.320. The summed E-state index contributed by atoms with van der Waals surface area (Å²) in [6.45, 7) is 4.55. The standard InChI is InChI=1S/C24H26N2O3/c1-3-4-16-28-21-14-12-19(13-15-21)17-25-26-24(27)18(2)29-23-11-7-9-20-8-5-6-10-22(20)23/h5-15,17-18H,3-4,16H2,1-2H3,(H,26,27). The Labute approximate surface area is 171 Å². The van der Waals surface area contributed by atoms with E-state index in [9.17, 15) is 4.79 Å². The van der Waals surface area contributed by atoms with Crippen LogP contribution in [0.25, 0.3) is 10.8 Å². The minimum atomic E-state index is -0.674. The molecule has 1 amide bonds. The van der Waals surface area contributed by atoms with Gasteiger partial charge in [0.25, 0.3) is 5.91 Å². The normalized spacial score (nSPS) is 12.1. The number of benzene rings is 3. The Hall–Kier alpha value is -3.34. The van der Waals surface area contributed by atoms with Crippen molar-refractivity contribution in [3.05, 3.63) is 72.3 Å². The van der Waals surface area contributed by atoms with Gasteiger partial charge in [-0.1, -0.05) is 49.7 Å². The number of nitrogens with zero attached hydrogens (tertiary/aromatic N) is 1. The molecule has 29 heavy (non-hydrogen) atoms. The van der Waals surface area contributed by atoms with E-state index in [0.717, 1.165) is 34.9 Å². The third-order valence-electron chi connectivity index (χ3n) is 4.46. The topological polar surface area (TPSA) is 59.9 Å². The largest absolute Gasteiger partial charge is 0.494 e. The summed E-state index contributed by atoms with van der Waals surface area (Å²) in [6.07, 6.45) is 3.06. The molecule has 0 saturated heterocycles. The van der Waals surface area contributed by atoms with Crippen LogP contribution in [-0.4, -0.2) is 24.8 Å². The summed E-state index contributed by atoms with van der Waals surface area (Å²) in [5, 5.41) is 6.07. The SMILES string of the molecule is CCCCOc1ccc(C=NNC(=O)C(C)Oc2cccc3ccccc23)cc1. The Kier molecular flexibility index (Phi) is 7.22. The second kappa shape index (κ2) is 10.3. The van der Waals surface area contributed by atoms with Crippen LogP contribution in [-0.2, 0) is 4.79 Å². The molecule has 0 aliphatic carbocycles. The Morgan fingerprint density at radius 1 is 1.07 bits per heavy atom. The van der Waals surface area contributed by atoms with Crippen molar-refractivity contribution in [2.45, 2.75) is 32.8 Å². The highest BCUT2D eigenvalue weighted by Crippen LogP contribution is 2.26. The summed E-state index contributed by atoms with van der Waals surface area (Å²) >= 11 is 0. The van der Waals surface area contributed by atoms with Gasteiger partial charge in [-0.25, -0.2) is 5.43 Å². The van der Waals surface area contributed by atoms with E-state index < -0.39 is 6.10 Å². The summed E-state index contributed by atoms with van der Waals surface area (Å²) < 4.78 is 11.5. The van der Waals surface area contributed by atoms with E-state index in [1.165, 1.54) is 0 Å². The maximum atomic E-state index is 12.3. The molecule has 5 heteroatoms. The lowest BCUT2D eigenvalue weighted by Gasteiger charge is -2.14. The van der Waals surface area contributed by atoms with Crippen molar-refractivity contribution in [3.8, 4) is 11.5 Å². The number of fused-ring (bicyclic) bond motifs is 1. The minimum Gasteiger partial charge on any atom is -0.494 e. The van der Waals surface area contributed by atoms with Crippen LogP contribution in [0.5, 0.6) is 11.5 Å². The first-order valence-electron chi connectivity index (χ1n) is 9.87. The lowest BCUT2D eigenvalue weighted by Crippen LogP contribution is -2.33. The van der Waals surface area contributed by atoms with Gasteiger partial charge in [0, 0.05) is 5.39 Å². The highest BCUT2D eigenvalue weighted by atomic mass is 16.5. The van der Waals surface area contributed by atoms with E-state index in [1.807, 2.05) is 66.7 Å². The summed E-state index contributed by atoms with van der Waals surface area (Å²) in [5.74, 6) is 1.19. The van der Waals surface area contributed by atoms with Gasteiger partial charge >= 0.3 is 0 Å². The van der Waals surface area contributed by atoms with Gasteiger partial charge < -0.3 is 9.47 Å². The number of hydrogen-bond acceptors (Lipinski definition) is 4. The third kappa shape index (κ3) is 5.82. The van der Waals surface area contributed by atoms with E-state index in [-0.39, 0.29) is 5.91 Å². The fourth-order valence-electron chi connectivity index (χ4n) is 2.79. The third-order valence-corrected chi connectivity index (χ3v) is 4.46. The lowest BCUT2D eigenvalue weighted by molar-refractivity contribution is -0.127. The van der Waals surface area contributed by atoms with Gasteiger partial charge in [0.1, 0.15) is 11.5 Å². The lowest BCUT2D eigenvalue weighted by atomic mass is 10.1. The molecule has 3 aromatic rings. The Bertz CT molecular complexity index is 962. The van der Waals surface area contributed by atoms with Crippen LogP contribution < -0.4 is 14.9 Å². The first-order valence-corrected chi connectivity index (χ1v) is 9.87. The number of rotatable bonds is 9. The number of carbonyl (C=O) groups is 1. The van der Waals surface area contributed by atoms with Crippen LogP contribution in [0, 0.1) is 0 Å². The molecular weight excluding hydrogens is 364 g/mol. The molecule has 0 radical (unpaired) electrons. The first kappa shape index (κ1) is 20.4. The van der Waals surface area contributed by atoms with E-state index in [0.29, 0.717) is 12.4 Å². The zero-order valence-corrected chi connectivity index (χ0v) is 16.8. The van der Waals surface area contributed by atoms with Crippen LogP contribution in [0.15, 0.2) is 71.8 Å². The van der Waals surface area contributed by atoms with Crippen molar-refractivity contribution in [2.75, 3.05) is 6.61 Å².